The van der Waals surface area contributed by atoms with Crippen LogP contribution >= 0.6 is 11.3 Å². The van der Waals surface area contributed by atoms with E-state index in [1.807, 2.05) is 0 Å². The zero-order valence-corrected chi connectivity index (χ0v) is 12.8. The molecule has 3 N–H and O–H groups in total. The zero-order valence-electron chi connectivity index (χ0n) is 12.0. The first-order chi connectivity index (χ1) is 10.4. The molecule has 0 aliphatic carbocycles. The predicted octanol–water partition coefficient (Wildman–Crippen LogP) is 2.31. The van der Waals surface area contributed by atoms with Crippen molar-refractivity contribution in [3.8, 4) is 0 Å². The van der Waals surface area contributed by atoms with Gasteiger partial charge in [-0.25, -0.2) is 4.98 Å². The van der Waals surface area contributed by atoms with Crippen LogP contribution in [0.4, 0.5) is 16.5 Å². The Bertz CT molecular complexity index is 679. The first kappa shape index (κ1) is 15.6. The lowest BCUT2D eigenvalue weighted by Gasteiger charge is -2.10. The predicted molar refractivity (Wildman–Crippen MR) is 85.1 cm³/mol. The van der Waals surface area contributed by atoms with Crippen LogP contribution in [0.25, 0.3) is 0 Å². The molecule has 0 fully saturated rings. The third-order valence-electron chi connectivity index (χ3n) is 2.49. The summed E-state index contributed by atoms with van der Waals surface area (Å²) in [7, 11) is 0. The Morgan fingerprint density at radius 3 is 2.00 bits per heavy atom. The molecule has 0 spiro atoms. The summed E-state index contributed by atoms with van der Waals surface area (Å²) in [6.45, 7) is 2.72. The van der Waals surface area contributed by atoms with Crippen LogP contribution in [-0.4, -0.2) is 22.7 Å². The van der Waals surface area contributed by atoms with Gasteiger partial charge in [-0.15, -0.1) is 11.3 Å². The van der Waals surface area contributed by atoms with Crippen molar-refractivity contribution in [1.29, 1.82) is 0 Å². The first-order valence-electron chi connectivity index (χ1n) is 6.35. The Balaban J connectivity index is 2.29. The monoisotopic (exact) mass is 318 g/mol. The van der Waals surface area contributed by atoms with Gasteiger partial charge in [-0.2, -0.15) is 0 Å². The smallest absolute Gasteiger partial charge is 0.257 e. The summed E-state index contributed by atoms with van der Waals surface area (Å²) in [4.78, 5) is 38.5. The molecular formula is C14H14N4O3S. The summed E-state index contributed by atoms with van der Waals surface area (Å²) < 4.78 is 0. The van der Waals surface area contributed by atoms with Crippen LogP contribution in [0.1, 0.15) is 24.2 Å². The van der Waals surface area contributed by atoms with Crippen LogP contribution in [0, 0.1) is 0 Å². The number of aromatic nitrogens is 1. The summed E-state index contributed by atoms with van der Waals surface area (Å²) in [6, 6.07) is 4.62. The lowest BCUT2D eigenvalue weighted by atomic mass is 10.1. The molecule has 0 saturated carbocycles. The molecule has 0 saturated heterocycles. The number of anilines is 3. The molecule has 114 valence electrons. The van der Waals surface area contributed by atoms with Gasteiger partial charge in [0.1, 0.15) is 0 Å². The van der Waals surface area contributed by atoms with E-state index in [4.69, 9.17) is 0 Å². The van der Waals surface area contributed by atoms with Crippen molar-refractivity contribution >= 4 is 45.6 Å². The third-order valence-corrected chi connectivity index (χ3v) is 3.18. The molecule has 8 heteroatoms. The van der Waals surface area contributed by atoms with Crippen molar-refractivity contribution in [3.05, 3.63) is 35.3 Å². The standard InChI is InChI=1S/C14H14N4O3S/c1-8(19)16-11-5-10(6-12(7-11)17-9(2)20)13(21)18-14-15-3-4-22-14/h3-7H,1-2H3,(H,16,19)(H,17,20)(H,15,18,21). The van der Waals surface area contributed by atoms with Gasteiger partial charge in [-0.05, 0) is 18.2 Å². The van der Waals surface area contributed by atoms with E-state index in [9.17, 15) is 14.4 Å². The molecule has 0 unspecified atom stereocenters. The summed E-state index contributed by atoms with van der Waals surface area (Å²) in [5.41, 5.74) is 1.14. The van der Waals surface area contributed by atoms with Crippen LogP contribution in [0.5, 0.6) is 0 Å². The maximum atomic E-state index is 12.2. The fourth-order valence-electron chi connectivity index (χ4n) is 1.76. The maximum absolute atomic E-state index is 12.2. The molecule has 1 heterocycles. The van der Waals surface area contributed by atoms with Crippen LogP contribution in [-0.2, 0) is 9.59 Å². The maximum Gasteiger partial charge on any atom is 0.257 e. The van der Waals surface area contributed by atoms with Crippen LogP contribution < -0.4 is 16.0 Å². The molecule has 0 aliphatic heterocycles. The molecule has 2 aromatic rings. The van der Waals surface area contributed by atoms with Gasteiger partial charge in [-0.1, -0.05) is 0 Å². The minimum absolute atomic E-state index is 0.272. The number of carbonyl (C=O) groups excluding carboxylic acids is 3. The second-order valence-corrected chi connectivity index (χ2v) is 5.35. The van der Waals surface area contributed by atoms with E-state index in [0.29, 0.717) is 22.1 Å². The topological polar surface area (TPSA) is 100 Å². The van der Waals surface area contributed by atoms with Gasteiger partial charge in [0.15, 0.2) is 5.13 Å². The van der Waals surface area contributed by atoms with E-state index in [1.54, 1.807) is 17.6 Å². The van der Waals surface area contributed by atoms with Gasteiger partial charge >= 0.3 is 0 Å². The Hall–Kier alpha value is -2.74. The number of benzene rings is 1. The summed E-state index contributed by atoms with van der Waals surface area (Å²) in [5, 5.41) is 10.0. The highest BCUT2D eigenvalue weighted by Crippen LogP contribution is 2.21. The number of hydrogen-bond donors (Lipinski definition) is 3. The number of nitrogens with one attached hydrogen (secondary N) is 3. The Morgan fingerprint density at radius 1 is 0.955 bits per heavy atom. The second kappa shape index (κ2) is 6.81. The number of amides is 3. The molecule has 1 aromatic carbocycles. The number of rotatable bonds is 4. The van der Waals surface area contributed by atoms with Crippen molar-refractivity contribution in [1.82, 2.24) is 4.98 Å². The quantitative estimate of drug-likeness (QED) is 0.805. The summed E-state index contributed by atoms with van der Waals surface area (Å²) >= 11 is 1.29. The molecular weight excluding hydrogens is 304 g/mol. The molecule has 0 bridgehead atoms. The highest BCUT2D eigenvalue weighted by molar-refractivity contribution is 7.13. The van der Waals surface area contributed by atoms with E-state index < -0.39 is 0 Å². The van der Waals surface area contributed by atoms with Gasteiger partial charge in [-0.3, -0.25) is 19.7 Å². The molecule has 0 atom stereocenters. The minimum Gasteiger partial charge on any atom is -0.326 e. The zero-order chi connectivity index (χ0) is 16.1. The van der Waals surface area contributed by atoms with Gasteiger partial charge < -0.3 is 10.6 Å². The number of hydrogen-bond acceptors (Lipinski definition) is 5. The van der Waals surface area contributed by atoms with E-state index in [-0.39, 0.29) is 17.7 Å². The fourth-order valence-corrected chi connectivity index (χ4v) is 2.29. The second-order valence-electron chi connectivity index (χ2n) is 4.45. The van der Waals surface area contributed by atoms with Crippen molar-refractivity contribution < 1.29 is 14.4 Å². The lowest BCUT2D eigenvalue weighted by molar-refractivity contribution is -0.115. The average Bonchev–Trinajstić information content (AvgIpc) is 2.89. The molecule has 1 aromatic heterocycles. The summed E-state index contributed by atoms with van der Waals surface area (Å²) in [6.07, 6.45) is 1.58. The molecule has 7 nitrogen and oxygen atoms in total. The Labute approximate surface area is 130 Å². The number of carbonyl (C=O) groups is 3. The normalized spacial score (nSPS) is 9.91. The van der Waals surface area contributed by atoms with E-state index in [2.05, 4.69) is 20.9 Å². The lowest BCUT2D eigenvalue weighted by Crippen LogP contribution is -2.15. The van der Waals surface area contributed by atoms with E-state index in [1.165, 1.54) is 37.3 Å². The molecule has 22 heavy (non-hydrogen) atoms. The molecule has 0 radical (unpaired) electrons. The third kappa shape index (κ3) is 4.38. The van der Waals surface area contributed by atoms with Gasteiger partial charge in [0.05, 0.1) is 0 Å². The van der Waals surface area contributed by atoms with Gasteiger partial charge in [0.2, 0.25) is 11.8 Å². The van der Waals surface area contributed by atoms with E-state index >= 15 is 0 Å². The largest absolute Gasteiger partial charge is 0.326 e. The first-order valence-corrected chi connectivity index (χ1v) is 7.23. The highest BCUT2D eigenvalue weighted by Gasteiger charge is 2.11. The van der Waals surface area contributed by atoms with Crippen LogP contribution in [0.2, 0.25) is 0 Å². The number of nitrogens with zero attached hydrogens (tertiary/aromatic N) is 1. The van der Waals surface area contributed by atoms with Gasteiger partial charge in [0.25, 0.3) is 5.91 Å². The minimum atomic E-state index is -0.381. The number of thiazole rings is 1. The van der Waals surface area contributed by atoms with Crippen molar-refractivity contribution in [2.75, 3.05) is 16.0 Å². The van der Waals surface area contributed by atoms with Crippen molar-refractivity contribution in [2.45, 2.75) is 13.8 Å². The van der Waals surface area contributed by atoms with Crippen molar-refractivity contribution in [3.63, 3.8) is 0 Å². The van der Waals surface area contributed by atoms with E-state index in [0.717, 1.165) is 0 Å². The van der Waals surface area contributed by atoms with Crippen LogP contribution in [0.15, 0.2) is 29.8 Å². The molecule has 3 amide bonds. The Kier molecular flexibility index (Phi) is 4.84. The highest BCUT2D eigenvalue weighted by atomic mass is 32.1. The average molecular weight is 318 g/mol. The molecule has 2 rings (SSSR count). The van der Waals surface area contributed by atoms with Crippen molar-refractivity contribution in [2.24, 2.45) is 0 Å². The fraction of sp³-hybridized carbons (Fsp3) is 0.143. The Morgan fingerprint density at radius 2 is 1.55 bits per heavy atom. The molecule has 0 aliphatic rings. The van der Waals surface area contributed by atoms with Crippen LogP contribution in [0.3, 0.4) is 0 Å². The summed E-state index contributed by atoms with van der Waals surface area (Å²) in [5.74, 6) is -0.925. The van der Waals surface area contributed by atoms with Gasteiger partial charge in [0, 0.05) is 42.4 Å². The SMILES string of the molecule is CC(=O)Nc1cc(NC(C)=O)cc(C(=O)Nc2nccs2)c1.